The van der Waals surface area contributed by atoms with E-state index < -0.39 is 0 Å². The highest BCUT2D eigenvalue weighted by Gasteiger charge is 2.11. The second-order valence-corrected chi connectivity index (χ2v) is 3.67. The van der Waals surface area contributed by atoms with Crippen LogP contribution in [0, 0.1) is 0 Å². The number of carbonyl (C=O) groups is 1. The third-order valence-electron chi connectivity index (χ3n) is 2.09. The summed E-state index contributed by atoms with van der Waals surface area (Å²) in [6.45, 7) is 0.215. The van der Waals surface area contributed by atoms with Crippen LogP contribution in [-0.4, -0.2) is 33.7 Å². The molecule has 1 rings (SSSR count). The van der Waals surface area contributed by atoms with Crippen LogP contribution >= 0.6 is 11.6 Å². The SMILES string of the molecule is CNCC(=O)Nc1cc(Cl)c(OC)cc1OC. The van der Waals surface area contributed by atoms with Gasteiger partial charge in [-0.25, -0.2) is 0 Å². The summed E-state index contributed by atoms with van der Waals surface area (Å²) < 4.78 is 10.2. The van der Waals surface area contributed by atoms with Crippen molar-refractivity contribution in [1.29, 1.82) is 0 Å². The first-order valence-corrected chi connectivity index (χ1v) is 5.36. The summed E-state index contributed by atoms with van der Waals surface area (Å²) in [5.74, 6) is 0.817. The van der Waals surface area contributed by atoms with E-state index in [0.29, 0.717) is 22.2 Å². The number of hydrogen-bond acceptors (Lipinski definition) is 4. The van der Waals surface area contributed by atoms with E-state index in [1.54, 1.807) is 19.2 Å². The van der Waals surface area contributed by atoms with Gasteiger partial charge in [0.15, 0.2) is 0 Å². The minimum absolute atomic E-state index is 0.174. The molecule has 1 amide bonds. The molecule has 0 aliphatic rings. The van der Waals surface area contributed by atoms with Crippen LogP contribution in [0.25, 0.3) is 0 Å². The number of hydrogen-bond donors (Lipinski definition) is 2. The molecule has 0 spiro atoms. The fourth-order valence-electron chi connectivity index (χ4n) is 1.31. The van der Waals surface area contributed by atoms with Crippen molar-refractivity contribution < 1.29 is 14.3 Å². The van der Waals surface area contributed by atoms with Gasteiger partial charge in [0.25, 0.3) is 0 Å². The van der Waals surface area contributed by atoms with Crippen molar-refractivity contribution in [3.8, 4) is 11.5 Å². The molecule has 0 unspecified atom stereocenters. The van der Waals surface area contributed by atoms with E-state index in [9.17, 15) is 4.79 Å². The molecule has 17 heavy (non-hydrogen) atoms. The van der Waals surface area contributed by atoms with E-state index in [1.807, 2.05) is 0 Å². The molecule has 1 aromatic rings. The summed E-state index contributed by atoms with van der Waals surface area (Å²) in [5, 5.41) is 5.85. The number of methoxy groups -OCH3 is 2. The van der Waals surface area contributed by atoms with Crippen molar-refractivity contribution in [2.24, 2.45) is 0 Å². The topological polar surface area (TPSA) is 59.6 Å². The summed E-state index contributed by atoms with van der Waals surface area (Å²) >= 11 is 5.97. The van der Waals surface area contributed by atoms with Crippen molar-refractivity contribution in [2.75, 3.05) is 33.1 Å². The van der Waals surface area contributed by atoms with Crippen molar-refractivity contribution in [3.05, 3.63) is 17.2 Å². The third-order valence-corrected chi connectivity index (χ3v) is 2.38. The Labute approximate surface area is 105 Å². The minimum Gasteiger partial charge on any atom is -0.495 e. The standard InChI is InChI=1S/C11H15ClN2O3/c1-13-6-11(15)14-8-4-7(12)9(16-2)5-10(8)17-3/h4-5,13H,6H2,1-3H3,(H,14,15). The van der Waals surface area contributed by atoms with Crippen molar-refractivity contribution in [3.63, 3.8) is 0 Å². The highest BCUT2D eigenvalue weighted by atomic mass is 35.5. The van der Waals surface area contributed by atoms with E-state index in [2.05, 4.69) is 10.6 Å². The summed E-state index contributed by atoms with van der Waals surface area (Å²) in [5.41, 5.74) is 0.513. The van der Waals surface area contributed by atoms with Crippen molar-refractivity contribution in [1.82, 2.24) is 5.32 Å². The smallest absolute Gasteiger partial charge is 0.238 e. The molecule has 0 heterocycles. The normalized spacial score (nSPS) is 9.88. The van der Waals surface area contributed by atoms with Crippen LogP contribution in [0.5, 0.6) is 11.5 Å². The van der Waals surface area contributed by atoms with Gasteiger partial charge in [0.1, 0.15) is 11.5 Å². The lowest BCUT2D eigenvalue weighted by molar-refractivity contribution is -0.115. The second kappa shape index (κ2) is 6.32. The molecule has 5 nitrogen and oxygen atoms in total. The van der Waals surface area contributed by atoms with Crippen LogP contribution in [0.15, 0.2) is 12.1 Å². The molecule has 0 saturated heterocycles. The zero-order valence-electron chi connectivity index (χ0n) is 9.96. The van der Waals surface area contributed by atoms with E-state index in [0.717, 1.165) is 0 Å². The predicted octanol–water partition coefficient (Wildman–Crippen LogP) is 1.52. The van der Waals surface area contributed by atoms with Crippen LogP contribution in [0.1, 0.15) is 0 Å². The summed E-state index contributed by atoms with van der Waals surface area (Å²) in [4.78, 5) is 11.4. The summed E-state index contributed by atoms with van der Waals surface area (Å²) in [7, 11) is 4.72. The van der Waals surface area contributed by atoms with Gasteiger partial charge in [-0.1, -0.05) is 11.6 Å². The number of carbonyl (C=O) groups excluding carboxylic acids is 1. The molecule has 2 N–H and O–H groups in total. The van der Waals surface area contributed by atoms with E-state index in [4.69, 9.17) is 21.1 Å². The zero-order valence-corrected chi connectivity index (χ0v) is 10.7. The Hall–Kier alpha value is -1.46. The van der Waals surface area contributed by atoms with Gasteiger partial charge in [-0.3, -0.25) is 4.79 Å². The molecular weight excluding hydrogens is 244 g/mol. The molecule has 0 aromatic heterocycles. The van der Waals surface area contributed by atoms with Gasteiger partial charge in [-0.15, -0.1) is 0 Å². The molecule has 1 aromatic carbocycles. The Bertz CT molecular complexity index is 410. The first-order chi connectivity index (χ1) is 8.12. The summed E-state index contributed by atoms with van der Waals surface area (Å²) in [6, 6.07) is 3.21. The molecule has 0 fully saturated rings. The van der Waals surface area contributed by atoms with E-state index in [1.165, 1.54) is 14.2 Å². The van der Waals surface area contributed by atoms with Gasteiger partial charge in [0.05, 0.1) is 31.5 Å². The Morgan fingerprint density at radius 1 is 1.29 bits per heavy atom. The summed E-state index contributed by atoms with van der Waals surface area (Å²) in [6.07, 6.45) is 0. The lowest BCUT2D eigenvalue weighted by Gasteiger charge is -2.12. The van der Waals surface area contributed by atoms with Crippen LogP contribution in [-0.2, 0) is 4.79 Å². The zero-order chi connectivity index (χ0) is 12.8. The Morgan fingerprint density at radius 2 is 1.94 bits per heavy atom. The second-order valence-electron chi connectivity index (χ2n) is 3.27. The predicted molar refractivity (Wildman–Crippen MR) is 67.1 cm³/mol. The van der Waals surface area contributed by atoms with Crippen LogP contribution in [0.4, 0.5) is 5.69 Å². The monoisotopic (exact) mass is 258 g/mol. The lowest BCUT2D eigenvalue weighted by Crippen LogP contribution is -2.25. The number of nitrogens with one attached hydrogen (secondary N) is 2. The fraction of sp³-hybridized carbons (Fsp3) is 0.364. The number of benzene rings is 1. The number of rotatable bonds is 5. The minimum atomic E-state index is -0.174. The maximum Gasteiger partial charge on any atom is 0.238 e. The Morgan fingerprint density at radius 3 is 2.47 bits per heavy atom. The van der Waals surface area contributed by atoms with Crippen LogP contribution in [0.3, 0.4) is 0 Å². The first kappa shape index (κ1) is 13.6. The van der Waals surface area contributed by atoms with Crippen molar-refractivity contribution in [2.45, 2.75) is 0 Å². The van der Waals surface area contributed by atoms with E-state index in [-0.39, 0.29) is 12.5 Å². The van der Waals surface area contributed by atoms with Gasteiger partial charge < -0.3 is 20.1 Å². The number of ether oxygens (including phenoxy) is 2. The average molecular weight is 259 g/mol. The van der Waals surface area contributed by atoms with Crippen molar-refractivity contribution >= 4 is 23.2 Å². The van der Waals surface area contributed by atoms with E-state index >= 15 is 0 Å². The molecular formula is C11H15ClN2O3. The molecule has 0 atom stereocenters. The highest BCUT2D eigenvalue weighted by Crippen LogP contribution is 2.35. The maximum atomic E-state index is 11.4. The van der Waals surface area contributed by atoms with Gasteiger partial charge in [0.2, 0.25) is 5.91 Å². The fourth-order valence-corrected chi connectivity index (χ4v) is 1.55. The molecule has 0 saturated carbocycles. The van der Waals surface area contributed by atoms with Gasteiger partial charge in [-0.05, 0) is 13.1 Å². The molecule has 0 aliphatic heterocycles. The molecule has 94 valence electrons. The largest absolute Gasteiger partial charge is 0.495 e. The van der Waals surface area contributed by atoms with Crippen LogP contribution in [0.2, 0.25) is 5.02 Å². The number of anilines is 1. The number of amides is 1. The van der Waals surface area contributed by atoms with Crippen LogP contribution < -0.4 is 20.1 Å². The first-order valence-electron chi connectivity index (χ1n) is 4.98. The number of halogens is 1. The lowest BCUT2D eigenvalue weighted by atomic mass is 10.2. The quantitative estimate of drug-likeness (QED) is 0.841. The average Bonchev–Trinajstić information content (AvgIpc) is 2.29. The molecule has 0 radical (unpaired) electrons. The van der Waals surface area contributed by atoms with Gasteiger partial charge >= 0.3 is 0 Å². The molecule has 0 bridgehead atoms. The highest BCUT2D eigenvalue weighted by molar-refractivity contribution is 6.32. The number of likely N-dealkylation sites (N-methyl/N-ethyl adjacent to an activating group) is 1. The third kappa shape index (κ3) is 3.51. The maximum absolute atomic E-state index is 11.4. The Balaban J connectivity index is 2.98. The van der Waals surface area contributed by atoms with Gasteiger partial charge in [0, 0.05) is 6.07 Å². The van der Waals surface area contributed by atoms with Gasteiger partial charge in [-0.2, -0.15) is 0 Å². The molecule has 0 aliphatic carbocycles. The molecule has 6 heteroatoms. The Kier molecular flexibility index (Phi) is 5.06.